The fourth-order valence-corrected chi connectivity index (χ4v) is 1.79. The van der Waals surface area contributed by atoms with E-state index in [-0.39, 0.29) is 0 Å². The van der Waals surface area contributed by atoms with Crippen LogP contribution in [0.3, 0.4) is 0 Å². The molecule has 1 heterocycles. The summed E-state index contributed by atoms with van der Waals surface area (Å²) in [6, 6.07) is 8.57. The van der Waals surface area contributed by atoms with Gasteiger partial charge in [-0.25, -0.2) is 4.98 Å². The second-order valence-corrected chi connectivity index (χ2v) is 4.33. The summed E-state index contributed by atoms with van der Waals surface area (Å²) in [5.74, 6) is 1.19. The fourth-order valence-electron chi connectivity index (χ4n) is 1.79. The molecule has 2 aromatic rings. The maximum absolute atomic E-state index is 12.5. The third-order valence-electron chi connectivity index (χ3n) is 2.81. The topological polar surface area (TPSA) is 34.1 Å². The fraction of sp³-hybridized carbons (Fsp3) is 0.267. The van der Waals surface area contributed by atoms with Gasteiger partial charge in [0.15, 0.2) is 11.6 Å². The molecule has 0 aliphatic carbocycles. The molecule has 1 aromatic carbocycles. The summed E-state index contributed by atoms with van der Waals surface area (Å²) >= 11 is 0. The number of hydrogen-bond donors (Lipinski definition) is 1. The van der Waals surface area contributed by atoms with Crippen LogP contribution in [-0.4, -0.2) is 11.6 Å². The molecule has 0 bridgehead atoms. The van der Waals surface area contributed by atoms with E-state index >= 15 is 0 Å². The van der Waals surface area contributed by atoms with Crippen molar-refractivity contribution in [2.45, 2.75) is 19.6 Å². The van der Waals surface area contributed by atoms with Gasteiger partial charge in [-0.1, -0.05) is 12.1 Å². The Morgan fingerprint density at radius 3 is 2.48 bits per heavy atom. The Hall–Kier alpha value is -2.24. The molecule has 0 aliphatic heterocycles. The summed E-state index contributed by atoms with van der Waals surface area (Å²) in [6.45, 7) is 2.75. The van der Waals surface area contributed by atoms with E-state index < -0.39 is 11.7 Å². The Labute approximate surface area is 120 Å². The van der Waals surface area contributed by atoms with Crippen molar-refractivity contribution < 1.29 is 17.9 Å². The zero-order valence-corrected chi connectivity index (χ0v) is 11.4. The van der Waals surface area contributed by atoms with Gasteiger partial charge in [-0.15, -0.1) is 0 Å². The lowest BCUT2D eigenvalue weighted by Gasteiger charge is -2.11. The van der Waals surface area contributed by atoms with E-state index in [1.807, 2.05) is 6.92 Å². The SMILES string of the molecule is CCOc1cccnc1NCc1ccc(C(F)(F)F)cc1. The zero-order valence-electron chi connectivity index (χ0n) is 11.4. The molecule has 0 saturated carbocycles. The van der Waals surface area contributed by atoms with Gasteiger partial charge < -0.3 is 10.1 Å². The molecule has 0 radical (unpaired) electrons. The lowest BCUT2D eigenvalue weighted by atomic mass is 10.1. The molecule has 6 heteroatoms. The van der Waals surface area contributed by atoms with E-state index in [9.17, 15) is 13.2 Å². The molecule has 0 amide bonds. The predicted octanol–water partition coefficient (Wildman–Crippen LogP) is 4.11. The van der Waals surface area contributed by atoms with E-state index in [2.05, 4.69) is 10.3 Å². The van der Waals surface area contributed by atoms with E-state index in [0.717, 1.165) is 17.7 Å². The number of benzene rings is 1. The predicted molar refractivity (Wildman–Crippen MR) is 74.2 cm³/mol. The highest BCUT2D eigenvalue weighted by atomic mass is 19.4. The van der Waals surface area contributed by atoms with Crippen molar-refractivity contribution in [3.8, 4) is 5.75 Å². The van der Waals surface area contributed by atoms with Crippen LogP contribution in [0.2, 0.25) is 0 Å². The third kappa shape index (κ3) is 4.11. The van der Waals surface area contributed by atoms with Crippen molar-refractivity contribution >= 4 is 5.82 Å². The standard InChI is InChI=1S/C15H15F3N2O/c1-2-21-13-4-3-9-19-14(13)20-10-11-5-7-12(8-6-11)15(16,17)18/h3-9H,2,10H2,1H3,(H,19,20). The first-order valence-corrected chi connectivity index (χ1v) is 6.48. The number of hydrogen-bond acceptors (Lipinski definition) is 3. The maximum Gasteiger partial charge on any atom is 0.416 e. The van der Waals surface area contributed by atoms with Crippen molar-refractivity contribution in [1.82, 2.24) is 4.98 Å². The lowest BCUT2D eigenvalue weighted by Crippen LogP contribution is -2.07. The molecule has 0 spiro atoms. The highest BCUT2D eigenvalue weighted by Crippen LogP contribution is 2.29. The number of aromatic nitrogens is 1. The minimum Gasteiger partial charge on any atom is -0.490 e. The van der Waals surface area contributed by atoms with Gasteiger partial charge in [-0.05, 0) is 36.8 Å². The van der Waals surface area contributed by atoms with Gasteiger partial charge in [0, 0.05) is 12.7 Å². The molecule has 0 atom stereocenters. The third-order valence-corrected chi connectivity index (χ3v) is 2.81. The molecule has 0 aliphatic rings. The van der Waals surface area contributed by atoms with Crippen molar-refractivity contribution in [1.29, 1.82) is 0 Å². The van der Waals surface area contributed by atoms with Gasteiger partial charge in [-0.3, -0.25) is 0 Å². The summed E-state index contributed by atoms with van der Waals surface area (Å²) in [5, 5.41) is 3.06. The Morgan fingerprint density at radius 1 is 1.14 bits per heavy atom. The molecule has 112 valence electrons. The molecule has 2 rings (SSSR count). The van der Waals surface area contributed by atoms with E-state index in [0.29, 0.717) is 24.7 Å². The second kappa shape index (κ2) is 6.47. The van der Waals surface area contributed by atoms with Gasteiger partial charge in [0.2, 0.25) is 0 Å². The van der Waals surface area contributed by atoms with Crippen LogP contribution >= 0.6 is 0 Å². The summed E-state index contributed by atoms with van der Waals surface area (Å²) in [6.07, 6.45) is -2.69. The first-order chi connectivity index (χ1) is 10.0. The molecule has 0 unspecified atom stereocenters. The summed E-state index contributed by atoms with van der Waals surface area (Å²) in [5.41, 5.74) is 0.0789. The van der Waals surface area contributed by atoms with Crippen molar-refractivity contribution in [2.24, 2.45) is 0 Å². The number of anilines is 1. The number of nitrogens with zero attached hydrogens (tertiary/aromatic N) is 1. The summed E-state index contributed by atoms with van der Waals surface area (Å²) in [7, 11) is 0. The average Bonchev–Trinajstić information content (AvgIpc) is 2.46. The van der Waals surface area contributed by atoms with Crippen LogP contribution in [0.5, 0.6) is 5.75 Å². The number of alkyl halides is 3. The van der Waals surface area contributed by atoms with E-state index in [1.54, 1.807) is 18.3 Å². The zero-order chi connectivity index (χ0) is 15.3. The minimum atomic E-state index is -4.31. The quantitative estimate of drug-likeness (QED) is 0.901. The van der Waals surface area contributed by atoms with Gasteiger partial charge in [0.25, 0.3) is 0 Å². The van der Waals surface area contributed by atoms with Crippen LogP contribution in [0, 0.1) is 0 Å². The highest BCUT2D eigenvalue weighted by Gasteiger charge is 2.29. The minimum absolute atomic E-state index is 0.370. The number of ether oxygens (including phenoxy) is 1. The molecule has 1 aromatic heterocycles. The first-order valence-electron chi connectivity index (χ1n) is 6.48. The van der Waals surface area contributed by atoms with Crippen molar-refractivity contribution in [2.75, 3.05) is 11.9 Å². The molecular formula is C15H15F3N2O. The maximum atomic E-state index is 12.5. The number of nitrogens with one attached hydrogen (secondary N) is 1. The summed E-state index contributed by atoms with van der Waals surface area (Å²) in [4.78, 5) is 4.15. The largest absolute Gasteiger partial charge is 0.490 e. The molecule has 3 nitrogen and oxygen atoms in total. The Morgan fingerprint density at radius 2 is 1.86 bits per heavy atom. The summed E-state index contributed by atoms with van der Waals surface area (Å²) < 4.78 is 42.8. The van der Waals surface area contributed by atoms with Crippen LogP contribution < -0.4 is 10.1 Å². The van der Waals surface area contributed by atoms with Crippen LogP contribution in [0.4, 0.5) is 19.0 Å². The lowest BCUT2D eigenvalue weighted by molar-refractivity contribution is -0.137. The monoisotopic (exact) mass is 296 g/mol. The molecule has 21 heavy (non-hydrogen) atoms. The van der Waals surface area contributed by atoms with Crippen molar-refractivity contribution in [3.63, 3.8) is 0 Å². The average molecular weight is 296 g/mol. The van der Waals surface area contributed by atoms with Gasteiger partial charge in [0.1, 0.15) is 0 Å². The van der Waals surface area contributed by atoms with Gasteiger partial charge in [-0.2, -0.15) is 13.2 Å². The smallest absolute Gasteiger partial charge is 0.416 e. The van der Waals surface area contributed by atoms with Gasteiger partial charge in [0.05, 0.1) is 12.2 Å². The molecule has 0 fully saturated rings. The number of rotatable bonds is 5. The highest BCUT2D eigenvalue weighted by molar-refractivity contribution is 5.49. The molecule has 0 saturated heterocycles. The normalized spacial score (nSPS) is 11.2. The number of halogens is 3. The Kier molecular flexibility index (Phi) is 4.67. The second-order valence-electron chi connectivity index (χ2n) is 4.33. The van der Waals surface area contributed by atoms with Crippen LogP contribution in [-0.2, 0) is 12.7 Å². The first kappa shape index (κ1) is 15.2. The van der Waals surface area contributed by atoms with E-state index in [1.165, 1.54) is 12.1 Å². The van der Waals surface area contributed by atoms with E-state index in [4.69, 9.17) is 4.74 Å². The van der Waals surface area contributed by atoms with Crippen LogP contribution in [0.1, 0.15) is 18.1 Å². The number of pyridine rings is 1. The van der Waals surface area contributed by atoms with Crippen LogP contribution in [0.25, 0.3) is 0 Å². The van der Waals surface area contributed by atoms with Gasteiger partial charge >= 0.3 is 6.18 Å². The van der Waals surface area contributed by atoms with Crippen LogP contribution in [0.15, 0.2) is 42.6 Å². The molecule has 1 N–H and O–H groups in total. The Balaban J connectivity index is 2.03. The Bertz CT molecular complexity index is 582. The molecular weight excluding hydrogens is 281 g/mol. The van der Waals surface area contributed by atoms with Crippen molar-refractivity contribution in [3.05, 3.63) is 53.7 Å².